The number of H-pyrrole nitrogens is 1. The number of carbonyl (C=O) groups excluding carboxylic acids is 1. The molecular weight excluding hydrogens is 398 g/mol. The van der Waals surface area contributed by atoms with E-state index in [9.17, 15) is 4.79 Å². The maximum Gasteiger partial charge on any atom is 0.245 e. The van der Waals surface area contributed by atoms with Gasteiger partial charge in [-0.05, 0) is 66.3 Å². The summed E-state index contributed by atoms with van der Waals surface area (Å²) in [5.41, 5.74) is 4.44. The smallest absolute Gasteiger partial charge is 0.245 e. The van der Waals surface area contributed by atoms with Crippen LogP contribution in [0.5, 0.6) is 11.5 Å². The first-order valence-electron chi connectivity index (χ1n) is 10.9. The molecule has 0 bridgehead atoms. The Kier molecular flexibility index (Phi) is 5.46. The zero-order chi connectivity index (χ0) is 21.9. The Morgan fingerprint density at radius 1 is 1.03 bits per heavy atom. The van der Waals surface area contributed by atoms with E-state index in [-0.39, 0.29) is 5.91 Å². The molecule has 2 aromatic carbocycles. The van der Waals surface area contributed by atoms with Crippen molar-refractivity contribution in [3.8, 4) is 22.6 Å². The zero-order valence-electron chi connectivity index (χ0n) is 17.8. The molecule has 0 unspecified atom stereocenters. The lowest BCUT2D eigenvalue weighted by atomic mass is 9.86. The number of carbonyl (C=O) groups is 1. The molecule has 0 saturated carbocycles. The number of piperidine rings is 1. The standard InChI is InChI=1S/C27H25N3O2/c1-2-25(31)30-16-13-20(14-17-30)23-12-15-28-27-26(23)24(18-29-27)19-8-10-22(11-9-19)32-21-6-4-3-5-7-21/h2-12,15,18,20H,1,13-14,16-17H2,(H,28,29). The van der Waals surface area contributed by atoms with E-state index in [0.717, 1.165) is 59.6 Å². The largest absolute Gasteiger partial charge is 0.457 e. The number of benzene rings is 2. The predicted octanol–water partition coefficient (Wildman–Crippen LogP) is 5.91. The van der Waals surface area contributed by atoms with Gasteiger partial charge >= 0.3 is 0 Å². The molecule has 1 saturated heterocycles. The quantitative estimate of drug-likeness (QED) is 0.406. The molecule has 4 aromatic rings. The molecule has 5 nitrogen and oxygen atoms in total. The summed E-state index contributed by atoms with van der Waals surface area (Å²) in [6.45, 7) is 5.12. The maximum absolute atomic E-state index is 11.9. The number of para-hydroxylation sites is 1. The van der Waals surface area contributed by atoms with Gasteiger partial charge in [-0.1, -0.05) is 36.9 Å². The third-order valence-corrected chi connectivity index (χ3v) is 6.17. The van der Waals surface area contributed by atoms with E-state index in [4.69, 9.17) is 4.74 Å². The normalized spacial score (nSPS) is 14.4. The van der Waals surface area contributed by atoms with Crippen molar-refractivity contribution < 1.29 is 9.53 Å². The van der Waals surface area contributed by atoms with Gasteiger partial charge in [-0.2, -0.15) is 0 Å². The van der Waals surface area contributed by atoms with E-state index in [0.29, 0.717) is 5.92 Å². The molecule has 0 aliphatic carbocycles. The number of hydrogen-bond donors (Lipinski definition) is 1. The molecule has 5 heteroatoms. The van der Waals surface area contributed by atoms with E-state index in [1.54, 1.807) is 0 Å². The van der Waals surface area contributed by atoms with Crippen molar-refractivity contribution in [1.29, 1.82) is 0 Å². The van der Waals surface area contributed by atoms with Gasteiger partial charge in [0, 0.05) is 36.4 Å². The number of nitrogens with zero attached hydrogens (tertiary/aromatic N) is 2. The molecule has 32 heavy (non-hydrogen) atoms. The SMILES string of the molecule is C=CC(=O)N1CCC(c2ccnc3[nH]cc(-c4ccc(Oc5ccccc5)cc4)c23)CC1. The van der Waals surface area contributed by atoms with Crippen molar-refractivity contribution in [3.63, 3.8) is 0 Å². The molecule has 1 amide bonds. The fourth-order valence-corrected chi connectivity index (χ4v) is 4.52. The summed E-state index contributed by atoms with van der Waals surface area (Å²) in [5, 5.41) is 1.16. The number of pyridine rings is 1. The highest BCUT2D eigenvalue weighted by molar-refractivity contribution is 5.96. The highest BCUT2D eigenvalue weighted by Gasteiger charge is 2.25. The molecule has 160 valence electrons. The number of fused-ring (bicyclic) bond motifs is 1. The van der Waals surface area contributed by atoms with Gasteiger partial charge in [0.25, 0.3) is 0 Å². The van der Waals surface area contributed by atoms with Crippen molar-refractivity contribution in [2.45, 2.75) is 18.8 Å². The van der Waals surface area contributed by atoms with E-state index in [1.807, 2.05) is 59.8 Å². The first-order valence-corrected chi connectivity index (χ1v) is 10.9. The molecule has 0 radical (unpaired) electrons. The van der Waals surface area contributed by atoms with Gasteiger partial charge in [-0.15, -0.1) is 0 Å². The first-order chi connectivity index (χ1) is 15.7. The summed E-state index contributed by atoms with van der Waals surface area (Å²) in [6, 6.07) is 20.1. The Morgan fingerprint density at radius 3 is 2.47 bits per heavy atom. The van der Waals surface area contributed by atoms with Crippen LogP contribution in [0.25, 0.3) is 22.2 Å². The Hall–Kier alpha value is -3.86. The minimum Gasteiger partial charge on any atom is -0.457 e. The van der Waals surface area contributed by atoms with Crippen LogP contribution in [0.2, 0.25) is 0 Å². The van der Waals surface area contributed by atoms with Crippen LogP contribution in [0.15, 0.2) is 85.7 Å². The lowest BCUT2D eigenvalue weighted by Crippen LogP contribution is -2.36. The van der Waals surface area contributed by atoms with Crippen molar-refractivity contribution >= 4 is 16.9 Å². The fourth-order valence-electron chi connectivity index (χ4n) is 4.52. The molecule has 1 N–H and O–H groups in total. The minimum atomic E-state index is 0.0171. The summed E-state index contributed by atoms with van der Waals surface area (Å²) in [7, 11) is 0. The number of rotatable bonds is 5. The highest BCUT2D eigenvalue weighted by atomic mass is 16.5. The van der Waals surface area contributed by atoms with Gasteiger partial charge < -0.3 is 14.6 Å². The van der Waals surface area contributed by atoms with Gasteiger partial charge in [-0.3, -0.25) is 4.79 Å². The fraction of sp³-hybridized carbons (Fsp3) is 0.185. The number of aromatic amines is 1. The second-order valence-corrected chi connectivity index (χ2v) is 8.07. The van der Waals surface area contributed by atoms with Gasteiger partial charge in [-0.25, -0.2) is 4.98 Å². The van der Waals surface area contributed by atoms with E-state index in [2.05, 4.69) is 34.7 Å². The van der Waals surface area contributed by atoms with E-state index < -0.39 is 0 Å². The molecular formula is C27H25N3O2. The lowest BCUT2D eigenvalue weighted by Gasteiger charge is -2.32. The van der Waals surface area contributed by atoms with Crippen LogP contribution in [0.3, 0.4) is 0 Å². The number of aromatic nitrogens is 2. The topological polar surface area (TPSA) is 58.2 Å². The summed E-state index contributed by atoms with van der Waals surface area (Å²) < 4.78 is 5.94. The summed E-state index contributed by atoms with van der Waals surface area (Å²) >= 11 is 0. The lowest BCUT2D eigenvalue weighted by molar-refractivity contribution is -0.127. The number of likely N-dealkylation sites (tertiary alicyclic amines) is 1. The third-order valence-electron chi connectivity index (χ3n) is 6.17. The van der Waals surface area contributed by atoms with Crippen molar-refractivity contribution in [3.05, 3.63) is 91.3 Å². The van der Waals surface area contributed by atoms with Crippen LogP contribution in [-0.4, -0.2) is 33.9 Å². The summed E-state index contributed by atoms with van der Waals surface area (Å²) in [6.07, 6.45) is 7.18. The maximum atomic E-state index is 11.9. The monoisotopic (exact) mass is 423 g/mol. The number of amides is 1. The van der Waals surface area contributed by atoms with Crippen LogP contribution in [0.1, 0.15) is 24.3 Å². The van der Waals surface area contributed by atoms with Crippen molar-refractivity contribution in [2.24, 2.45) is 0 Å². The van der Waals surface area contributed by atoms with Gasteiger partial charge in [0.05, 0.1) is 0 Å². The molecule has 3 heterocycles. The van der Waals surface area contributed by atoms with Crippen LogP contribution in [0.4, 0.5) is 0 Å². The average Bonchev–Trinajstić information content (AvgIpc) is 3.29. The second kappa shape index (κ2) is 8.71. The Labute approximate surface area is 187 Å². The molecule has 0 atom stereocenters. The molecule has 1 fully saturated rings. The first kappa shape index (κ1) is 20.1. The zero-order valence-corrected chi connectivity index (χ0v) is 17.8. The van der Waals surface area contributed by atoms with Crippen LogP contribution < -0.4 is 4.74 Å². The Bertz CT molecular complexity index is 1240. The minimum absolute atomic E-state index is 0.0171. The Morgan fingerprint density at radius 2 is 1.75 bits per heavy atom. The summed E-state index contributed by atoms with van der Waals surface area (Å²) in [5.74, 6) is 2.03. The highest BCUT2D eigenvalue weighted by Crippen LogP contribution is 2.38. The van der Waals surface area contributed by atoms with Crippen molar-refractivity contribution in [1.82, 2.24) is 14.9 Å². The number of ether oxygens (including phenoxy) is 1. The Balaban J connectivity index is 1.42. The van der Waals surface area contributed by atoms with E-state index >= 15 is 0 Å². The summed E-state index contributed by atoms with van der Waals surface area (Å²) in [4.78, 5) is 21.7. The van der Waals surface area contributed by atoms with Gasteiger partial charge in [0.15, 0.2) is 0 Å². The number of hydrogen-bond acceptors (Lipinski definition) is 3. The third kappa shape index (κ3) is 3.89. The van der Waals surface area contributed by atoms with Gasteiger partial charge in [0.2, 0.25) is 5.91 Å². The molecule has 1 aliphatic heterocycles. The average molecular weight is 424 g/mol. The molecule has 5 rings (SSSR count). The van der Waals surface area contributed by atoms with Crippen LogP contribution in [-0.2, 0) is 4.79 Å². The second-order valence-electron chi connectivity index (χ2n) is 8.07. The number of nitrogens with one attached hydrogen (secondary N) is 1. The molecule has 0 spiro atoms. The predicted molar refractivity (Wildman–Crippen MR) is 127 cm³/mol. The van der Waals surface area contributed by atoms with Crippen molar-refractivity contribution in [2.75, 3.05) is 13.1 Å². The van der Waals surface area contributed by atoms with Crippen LogP contribution >= 0.6 is 0 Å². The van der Waals surface area contributed by atoms with Gasteiger partial charge in [0.1, 0.15) is 17.1 Å². The van der Waals surface area contributed by atoms with Crippen LogP contribution in [0, 0.1) is 0 Å². The molecule has 1 aliphatic rings. The molecule has 2 aromatic heterocycles. The van der Waals surface area contributed by atoms with E-state index in [1.165, 1.54) is 11.6 Å².